The van der Waals surface area contributed by atoms with E-state index in [2.05, 4.69) is 5.32 Å². The second-order valence-corrected chi connectivity index (χ2v) is 6.42. The maximum Gasteiger partial charge on any atom is 0.161 e. The van der Waals surface area contributed by atoms with Gasteiger partial charge in [-0.25, -0.2) is 0 Å². The van der Waals surface area contributed by atoms with Gasteiger partial charge in [0, 0.05) is 17.3 Å². The molecule has 0 atom stereocenters. The Kier molecular flexibility index (Phi) is 6.44. The minimum absolute atomic E-state index is 0.431. The Balaban J connectivity index is 1.62. The van der Waals surface area contributed by atoms with Crippen LogP contribution in [0.15, 0.2) is 66.7 Å². The minimum atomic E-state index is 0.431. The van der Waals surface area contributed by atoms with Crippen LogP contribution in [0.2, 0.25) is 5.02 Å². The van der Waals surface area contributed by atoms with Gasteiger partial charge in [0.15, 0.2) is 11.5 Å². The Morgan fingerprint density at radius 1 is 0.815 bits per heavy atom. The quantitative estimate of drug-likeness (QED) is 0.553. The average molecular weight is 384 g/mol. The van der Waals surface area contributed by atoms with E-state index >= 15 is 0 Å². The first-order chi connectivity index (χ1) is 13.2. The largest absolute Gasteiger partial charge is 0.497 e. The molecule has 3 aromatic rings. The van der Waals surface area contributed by atoms with Crippen LogP contribution in [0.3, 0.4) is 0 Å². The first kappa shape index (κ1) is 18.9. The summed E-state index contributed by atoms with van der Waals surface area (Å²) in [7, 11) is 3.30. The van der Waals surface area contributed by atoms with Crippen molar-refractivity contribution in [2.75, 3.05) is 19.5 Å². The Morgan fingerprint density at radius 3 is 2.33 bits per heavy atom. The summed E-state index contributed by atoms with van der Waals surface area (Å²) in [4.78, 5) is 0. The number of benzene rings is 3. The highest BCUT2D eigenvalue weighted by atomic mass is 35.5. The number of rotatable bonds is 8. The van der Waals surface area contributed by atoms with E-state index in [4.69, 9.17) is 25.8 Å². The van der Waals surface area contributed by atoms with Crippen LogP contribution < -0.4 is 19.5 Å². The predicted molar refractivity (Wildman–Crippen MR) is 109 cm³/mol. The molecule has 0 aliphatic heterocycles. The van der Waals surface area contributed by atoms with Crippen LogP contribution in [0.25, 0.3) is 0 Å². The van der Waals surface area contributed by atoms with Crippen molar-refractivity contribution in [3.63, 3.8) is 0 Å². The third kappa shape index (κ3) is 5.31. The number of anilines is 1. The first-order valence-electron chi connectivity index (χ1n) is 8.60. The summed E-state index contributed by atoms with van der Waals surface area (Å²) in [6.07, 6.45) is 0. The molecule has 0 radical (unpaired) electrons. The molecule has 3 rings (SSSR count). The summed E-state index contributed by atoms with van der Waals surface area (Å²) in [5.74, 6) is 2.24. The average Bonchev–Trinajstić information content (AvgIpc) is 2.71. The highest BCUT2D eigenvalue weighted by molar-refractivity contribution is 6.30. The maximum atomic E-state index is 6.01. The molecule has 0 aliphatic rings. The van der Waals surface area contributed by atoms with Crippen molar-refractivity contribution in [2.45, 2.75) is 13.2 Å². The zero-order chi connectivity index (χ0) is 19.1. The molecule has 0 aliphatic carbocycles. The second kappa shape index (κ2) is 9.19. The summed E-state index contributed by atoms with van der Waals surface area (Å²) in [5.41, 5.74) is 3.13. The van der Waals surface area contributed by atoms with Gasteiger partial charge in [-0.15, -0.1) is 0 Å². The maximum absolute atomic E-state index is 6.01. The van der Waals surface area contributed by atoms with E-state index in [1.807, 2.05) is 66.7 Å². The Labute approximate surface area is 164 Å². The van der Waals surface area contributed by atoms with E-state index in [0.29, 0.717) is 29.7 Å². The molecule has 3 aromatic carbocycles. The summed E-state index contributed by atoms with van der Waals surface area (Å²) in [5, 5.41) is 4.08. The molecule has 1 N–H and O–H groups in total. The van der Waals surface area contributed by atoms with Crippen LogP contribution in [0, 0.1) is 0 Å². The van der Waals surface area contributed by atoms with Gasteiger partial charge < -0.3 is 19.5 Å². The lowest BCUT2D eigenvalue weighted by Gasteiger charge is -2.13. The fraction of sp³-hybridized carbons (Fsp3) is 0.182. The van der Waals surface area contributed by atoms with Crippen LogP contribution in [-0.2, 0) is 13.2 Å². The highest BCUT2D eigenvalue weighted by Gasteiger charge is 2.07. The highest BCUT2D eigenvalue weighted by Crippen LogP contribution is 2.29. The minimum Gasteiger partial charge on any atom is -0.497 e. The van der Waals surface area contributed by atoms with Gasteiger partial charge in [0.2, 0.25) is 0 Å². The number of hydrogen-bond donors (Lipinski definition) is 1. The number of halogens is 1. The predicted octanol–water partition coefficient (Wildman–Crippen LogP) is 5.55. The van der Waals surface area contributed by atoms with Gasteiger partial charge in [-0.3, -0.25) is 0 Å². The van der Waals surface area contributed by atoms with Crippen LogP contribution in [0.1, 0.15) is 11.1 Å². The third-order valence-corrected chi connectivity index (χ3v) is 4.33. The van der Waals surface area contributed by atoms with Crippen molar-refractivity contribution in [1.29, 1.82) is 0 Å². The molecule has 0 unspecified atom stereocenters. The SMILES string of the molecule is COc1ccc(NCc2ccc(OCc3cccc(Cl)c3)c(OC)c2)cc1. The van der Waals surface area contributed by atoms with Crippen molar-refractivity contribution >= 4 is 17.3 Å². The molecule has 0 saturated heterocycles. The molecule has 5 heteroatoms. The van der Waals surface area contributed by atoms with Crippen molar-refractivity contribution in [2.24, 2.45) is 0 Å². The molecule has 0 spiro atoms. The van der Waals surface area contributed by atoms with Gasteiger partial charge in [0.05, 0.1) is 14.2 Å². The molecular weight excluding hydrogens is 362 g/mol. The van der Waals surface area contributed by atoms with Crippen LogP contribution in [0.5, 0.6) is 17.2 Å². The third-order valence-electron chi connectivity index (χ3n) is 4.10. The van der Waals surface area contributed by atoms with Crippen LogP contribution in [-0.4, -0.2) is 14.2 Å². The van der Waals surface area contributed by atoms with Gasteiger partial charge in [-0.2, -0.15) is 0 Å². The van der Waals surface area contributed by atoms with E-state index in [1.54, 1.807) is 14.2 Å². The molecule has 0 saturated carbocycles. The molecule has 140 valence electrons. The Hall–Kier alpha value is -2.85. The fourth-order valence-electron chi connectivity index (χ4n) is 2.64. The number of ether oxygens (including phenoxy) is 3. The van der Waals surface area contributed by atoms with Crippen molar-refractivity contribution in [3.8, 4) is 17.2 Å². The molecule has 0 bridgehead atoms. The number of hydrogen-bond acceptors (Lipinski definition) is 4. The van der Waals surface area contributed by atoms with E-state index in [1.165, 1.54) is 0 Å². The summed E-state index contributed by atoms with van der Waals surface area (Å²) in [6.45, 7) is 1.11. The van der Waals surface area contributed by atoms with Crippen molar-refractivity contribution in [3.05, 3.63) is 82.9 Å². The lowest BCUT2D eigenvalue weighted by molar-refractivity contribution is 0.284. The standard InChI is InChI=1S/C22H22ClNO3/c1-25-20-9-7-19(8-10-20)24-14-16-6-11-21(22(13-16)26-2)27-15-17-4-3-5-18(23)12-17/h3-13,24H,14-15H2,1-2H3. The van der Waals surface area contributed by atoms with Crippen LogP contribution in [0.4, 0.5) is 5.69 Å². The topological polar surface area (TPSA) is 39.7 Å². The Bertz CT molecular complexity index is 881. The molecule has 0 heterocycles. The monoisotopic (exact) mass is 383 g/mol. The molecule has 0 aromatic heterocycles. The molecule has 4 nitrogen and oxygen atoms in total. The molecule has 0 fully saturated rings. The molecule has 27 heavy (non-hydrogen) atoms. The second-order valence-electron chi connectivity index (χ2n) is 5.99. The van der Waals surface area contributed by atoms with Gasteiger partial charge >= 0.3 is 0 Å². The summed E-state index contributed by atoms with van der Waals surface area (Å²) >= 11 is 6.01. The van der Waals surface area contributed by atoms with Crippen molar-refractivity contribution in [1.82, 2.24) is 0 Å². The molecular formula is C22H22ClNO3. The lowest BCUT2D eigenvalue weighted by atomic mass is 10.2. The Morgan fingerprint density at radius 2 is 1.63 bits per heavy atom. The van der Waals surface area contributed by atoms with Crippen LogP contribution >= 0.6 is 11.6 Å². The van der Waals surface area contributed by atoms with E-state index in [-0.39, 0.29) is 0 Å². The zero-order valence-electron chi connectivity index (χ0n) is 15.4. The fourth-order valence-corrected chi connectivity index (χ4v) is 2.85. The van der Waals surface area contributed by atoms with Crippen molar-refractivity contribution < 1.29 is 14.2 Å². The number of methoxy groups -OCH3 is 2. The lowest BCUT2D eigenvalue weighted by Crippen LogP contribution is -2.02. The van der Waals surface area contributed by atoms with E-state index in [0.717, 1.165) is 22.6 Å². The zero-order valence-corrected chi connectivity index (χ0v) is 16.1. The molecule has 0 amide bonds. The van der Waals surface area contributed by atoms with Gasteiger partial charge in [0.25, 0.3) is 0 Å². The van der Waals surface area contributed by atoms with E-state index in [9.17, 15) is 0 Å². The van der Waals surface area contributed by atoms with Gasteiger partial charge in [-0.1, -0.05) is 29.8 Å². The van der Waals surface area contributed by atoms with Gasteiger partial charge in [0.1, 0.15) is 12.4 Å². The first-order valence-corrected chi connectivity index (χ1v) is 8.98. The summed E-state index contributed by atoms with van der Waals surface area (Å²) < 4.78 is 16.6. The van der Waals surface area contributed by atoms with Gasteiger partial charge in [-0.05, 0) is 59.7 Å². The number of nitrogens with one attached hydrogen (secondary N) is 1. The summed E-state index contributed by atoms with van der Waals surface area (Å²) in [6, 6.07) is 21.4. The smallest absolute Gasteiger partial charge is 0.161 e. The normalized spacial score (nSPS) is 10.3. The van der Waals surface area contributed by atoms with E-state index < -0.39 is 0 Å².